The van der Waals surface area contributed by atoms with Gasteiger partial charge < -0.3 is 14.8 Å². The van der Waals surface area contributed by atoms with Crippen molar-refractivity contribution in [1.82, 2.24) is 9.78 Å². The molecule has 1 N–H and O–H groups in total. The van der Waals surface area contributed by atoms with Crippen molar-refractivity contribution in [3.63, 3.8) is 0 Å². The smallest absolute Gasteiger partial charge is 0.183 e. The Morgan fingerprint density at radius 1 is 1.08 bits per heavy atom. The Bertz CT molecular complexity index is 1360. The molecule has 0 bridgehead atoms. The highest BCUT2D eigenvalue weighted by atomic mass is 19.1. The molecular formula is C30H34FN3O4. The lowest BCUT2D eigenvalue weighted by atomic mass is 9.80. The fourth-order valence-corrected chi connectivity index (χ4v) is 4.41. The second kappa shape index (κ2) is 12.1. The molecule has 3 aromatic rings. The van der Waals surface area contributed by atoms with Crippen LogP contribution in [-0.2, 0) is 0 Å². The number of hydrogen-bond acceptors (Lipinski definition) is 6. The zero-order valence-corrected chi connectivity index (χ0v) is 22.3. The average Bonchev–Trinajstić information content (AvgIpc) is 3.34. The summed E-state index contributed by atoms with van der Waals surface area (Å²) in [6.07, 6.45) is 6.42. The third kappa shape index (κ3) is 5.79. The van der Waals surface area contributed by atoms with Crippen molar-refractivity contribution in [2.75, 3.05) is 26.1 Å². The van der Waals surface area contributed by atoms with Gasteiger partial charge in [-0.1, -0.05) is 25.5 Å². The Morgan fingerprint density at radius 3 is 2.47 bits per heavy atom. The second-order valence-electron chi connectivity index (χ2n) is 9.50. The summed E-state index contributed by atoms with van der Waals surface area (Å²) in [6.45, 7) is 4.37. The molecule has 8 heteroatoms. The number of ether oxygens (including phenoxy) is 2. The van der Waals surface area contributed by atoms with Crippen LogP contribution in [0.2, 0.25) is 0 Å². The number of anilines is 1. The van der Waals surface area contributed by atoms with E-state index in [0.717, 1.165) is 42.8 Å². The molecule has 7 nitrogen and oxygen atoms in total. The quantitative estimate of drug-likeness (QED) is 0.351. The van der Waals surface area contributed by atoms with E-state index in [4.69, 9.17) is 9.47 Å². The lowest BCUT2D eigenvalue weighted by molar-refractivity contribution is 0.0854. The van der Waals surface area contributed by atoms with Gasteiger partial charge in [-0.05, 0) is 62.1 Å². The molecule has 0 amide bonds. The summed E-state index contributed by atoms with van der Waals surface area (Å²) in [5, 5.41) is 7.74. The van der Waals surface area contributed by atoms with Crippen LogP contribution in [0.3, 0.4) is 0 Å². The van der Waals surface area contributed by atoms with Gasteiger partial charge in [0.15, 0.2) is 23.1 Å². The molecule has 2 aliphatic rings. The Morgan fingerprint density at radius 2 is 1.84 bits per heavy atom. The highest BCUT2D eigenvalue weighted by molar-refractivity contribution is 5.98. The molecule has 200 valence electrons. The summed E-state index contributed by atoms with van der Waals surface area (Å²) in [5.41, 5.74) is 3.48. The Balaban J connectivity index is 0.000000204. The Kier molecular flexibility index (Phi) is 8.61. The molecule has 5 rings (SSSR count). The first-order valence-electron chi connectivity index (χ1n) is 13.0. The minimum Gasteiger partial charge on any atom is -0.493 e. The molecule has 2 aromatic carbocycles. The van der Waals surface area contributed by atoms with Gasteiger partial charge in [0.25, 0.3) is 0 Å². The van der Waals surface area contributed by atoms with Crippen molar-refractivity contribution in [1.29, 1.82) is 0 Å². The molecule has 1 aliphatic heterocycles. The highest BCUT2D eigenvalue weighted by Gasteiger charge is 2.26. The minimum atomic E-state index is -0.282. The third-order valence-corrected chi connectivity index (χ3v) is 6.89. The van der Waals surface area contributed by atoms with Crippen LogP contribution < -0.4 is 14.8 Å². The highest BCUT2D eigenvalue weighted by Crippen LogP contribution is 2.33. The molecule has 1 fully saturated rings. The van der Waals surface area contributed by atoms with E-state index in [1.807, 2.05) is 37.3 Å². The van der Waals surface area contributed by atoms with E-state index in [1.54, 1.807) is 38.0 Å². The number of aromatic nitrogens is 2. The van der Waals surface area contributed by atoms with E-state index in [9.17, 15) is 14.0 Å². The number of halogens is 1. The van der Waals surface area contributed by atoms with E-state index in [0.29, 0.717) is 41.3 Å². The first-order valence-corrected chi connectivity index (χ1v) is 13.0. The molecule has 1 aliphatic carbocycles. The first-order chi connectivity index (χ1) is 18.4. The fraction of sp³-hybridized carbons (Fsp3) is 0.367. The number of nitrogens with zero attached hydrogens (tertiary/aromatic N) is 2. The van der Waals surface area contributed by atoms with E-state index in [2.05, 4.69) is 10.4 Å². The summed E-state index contributed by atoms with van der Waals surface area (Å²) in [4.78, 5) is 23.9. The summed E-state index contributed by atoms with van der Waals surface area (Å²) in [5.74, 6) is 2.19. The van der Waals surface area contributed by atoms with Crippen LogP contribution in [0.4, 0.5) is 10.2 Å². The minimum absolute atomic E-state index is 0.0628. The zero-order valence-electron chi connectivity index (χ0n) is 22.3. The number of ketones is 2. The molecule has 0 atom stereocenters. The van der Waals surface area contributed by atoms with Crippen molar-refractivity contribution in [3.05, 3.63) is 76.7 Å². The number of methoxy groups -OCH3 is 2. The summed E-state index contributed by atoms with van der Waals surface area (Å²) < 4.78 is 25.6. The van der Waals surface area contributed by atoms with Crippen LogP contribution in [0, 0.1) is 18.7 Å². The van der Waals surface area contributed by atoms with Crippen LogP contribution in [0.25, 0.3) is 5.70 Å². The van der Waals surface area contributed by atoms with Crippen molar-refractivity contribution in [2.24, 2.45) is 5.92 Å². The average molecular weight is 520 g/mol. The molecule has 0 spiro atoms. The Labute approximate surface area is 222 Å². The number of carbonyl (C=O) groups excluding carboxylic acids is 2. The summed E-state index contributed by atoms with van der Waals surface area (Å²) in [6, 6.07) is 12.3. The molecular weight excluding hydrogens is 485 g/mol. The molecule has 0 unspecified atom stereocenters. The lowest BCUT2D eigenvalue weighted by Gasteiger charge is -2.23. The topological polar surface area (TPSA) is 82.5 Å². The number of nitrogens with one attached hydrogen (secondary N) is 1. The zero-order chi connectivity index (χ0) is 27.2. The standard InChI is InChI=1S/C18H21N3O3.C12H13FO/c1-4-5-15(22)13-11-18-19-9-8-14(21(18)20-13)12-6-7-16(23-2)17(10-12)24-3;1-8-5-6-10(7-11(8)13)12(14)9-3-2-4-9/h6-8,10-11,19H,4-5,9H2,1-3H3;5-7,9H,2-4H2,1H3. The maximum atomic E-state index is 13.2. The fourth-order valence-electron chi connectivity index (χ4n) is 4.41. The van der Waals surface area contributed by atoms with Crippen molar-refractivity contribution < 1.29 is 23.5 Å². The maximum absolute atomic E-state index is 13.2. The van der Waals surface area contributed by atoms with E-state index >= 15 is 0 Å². The van der Waals surface area contributed by atoms with Gasteiger partial charge in [-0.15, -0.1) is 0 Å². The monoisotopic (exact) mass is 519 g/mol. The van der Waals surface area contributed by atoms with Crippen LogP contribution in [0.15, 0.2) is 48.5 Å². The number of benzene rings is 2. The van der Waals surface area contributed by atoms with Crippen LogP contribution in [-0.4, -0.2) is 42.1 Å². The van der Waals surface area contributed by atoms with E-state index in [1.165, 1.54) is 6.07 Å². The first kappa shape index (κ1) is 27.1. The van der Waals surface area contributed by atoms with Crippen LogP contribution in [0.5, 0.6) is 11.5 Å². The molecule has 0 saturated heterocycles. The number of aryl methyl sites for hydroxylation is 1. The van der Waals surface area contributed by atoms with Gasteiger partial charge in [-0.3, -0.25) is 9.59 Å². The summed E-state index contributed by atoms with van der Waals surface area (Å²) in [7, 11) is 3.22. The van der Waals surface area contributed by atoms with Crippen molar-refractivity contribution in [3.8, 4) is 11.5 Å². The van der Waals surface area contributed by atoms with Gasteiger partial charge in [0.1, 0.15) is 17.3 Å². The van der Waals surface area contributed by atoms with Gasteiger partial charge in [0.2, 0.25) is 0 Å². The molecule has 0 radical (unpaired) electrons. The molecule has 1 saturated carbocycles. The van der Waals surface area contributed by atoms with Crippen molar-refractivity contribution >= 4 is 23.1 Å². The number of fused-ring (bicyclic) bond motifs is 1. The predicted octanol–water partition coefficient (Wildman–Crippen LogP) is 6.31. The lowest BCUT2D eigenvalue weighted by Crippen LogP contribution is -2.22. The number of hydrogen-bond donors (Lipinski definition) is 1. The van der Waals surface area contributed by atoms with E-state index < -0.39 is 0 Å². The van der Waals surface area contributed by atoms with Gasteiger partial charge in [-0.25, -0.2) is 9.07 Å². The van der Waals surface area contributed by atoms with Gasteiger partial charge >= 0.3 is 0 Å². The predicted molar refractivity (Wildman–Crippen MR) is 146 cm³/mol. The number of Topliss-reactive ketones (excluding diaryl/α,β-unsaturated/α-hetero) is 2. The SMILES string of the molecule is CCCC(=O)c1cc2n(n1)C(c1ccc(OC)c(OC)c1)=CCN2.Cc1ccc(C(=O)C2CCC2)cc1F. The molecule has 1 aromatic heterocycles. The molecule has 38 heavy (non-hydrogen) atoms. The van der Waals surface area contributed by atoms with Crippen LogP contribution in [0.1, 0.15) is 71.0 Å². The second-order valence-corrected chi connectivity index (χ2v) is 9.50. The van der Waals surface area contributed by atoms with Crippen molar-refractivity contribution in [2.45, 2.75) is 46.0 Å². The maximum Gasteiger partial charge on any atom is 0.183 e. The largest absolute Gasteiger partial charge is 0.493 e. The Hall–Kier alpha value is -3.94. The normalized spacial score (nSPS) is 14.2. The summed E-state index contributed by atoms with van der Waals surface area (Å²) >= 11 is 0. The van der Waals surface area contributed by atoms with Gasteiger partial charge in [-0.2, -0.15) is 5.10 Å². The van der Waals surface area contributed by atoms with Gasteiger partial charge in [0, 0.05) is 36.1 Å². The number of carbonyl (C=O) groups is 2. The molecule has 2 heterocycles. The number of rotatable bonds is 8. The van der Waals surface area contributed by atoms with E-state index in [-0.39, 0.29) is 23.3 Å². The van der Waals surface area contributed by atoms with Gasteiger partial charge in [0.05, 0.1) is 19.9 Å². The van der Waals surface area contributed by atoms with Crippen LogP contribution >= 0.6 is 0 Å². The third-order valence-electron chi connectivity index (χ3n) is 6.89.